The largest absolute Gasteiger partial charge is 0.415 e. The van der Waals surface area contributed by atoms with Gasteiger partial charge in [0.2, 0.25) is 23.2 Å². The lowest BCUT2D eigenvalue weighted by atomic mass is 10.3. The molecule has 0 aliphatic rings. The number of hydrogen-bond acceptors (Lipinski definition) is 2. The van der Waals surface area contributed by atoms with Crippen LogP contribution < -0.4 is 4.74 Å². The monoisotopic (exact) mass is 239 g/mol. The number of hydrogen-bond donors (Lipinski definition) is 0. The van der Waals surface area contributed by atoms with Gasteiger partial charge in [0.25, 0.3) is 0 Å². The Morgan fingerprint density at radius 3 is 2.06 bits per heavy atom. The standard InChI is InChI=1S/C9H3F5O2/c1-3(10)9(15)16-8-6(13)4(11)2-5(12)7(8)14/h2H,1H2/i2D. The highest BCUT2D eigenvalue weighted by molar-refractivity contribution is 5.87. The fourth-order valence-corrected chi connectivity index (χ4v) is 0.739. The van der Waals surface area contributed by atoms with Crippen molar-refractivity contribution in [1.29, 1.82) is 0 Å². The van der Waals surface area contributed by atoms with Crippen molar-refractivity contribution < 1.29 is 32.9 Å². The molecule has 0 atom stereocenters. The molecule has 1 rings (SSSR count). The van der Waals surface area contributed by atoms with Crippen molar-refractivity contribution in [2.45, 2.75) is 0 Å². The van der Waals surface area contributed by atoms with Crippen molar-refractivity contribution in [1.82, 2.24) is 0 Å². The van der Waals surface area contributed by atoms with E-state index in [4.69, 9.17) is 1.37 Å². The normalized spacial score (nSPS) is 10.9. The Morgan fingerprint density at radius 1 is 1.25 bits per heavy atom. The number of rotatable bonds is 2. The minimum atomic E-state index is -2.11. The molecule has 86 valence electrons. The van der Waals surface area contributed by atoms with Crippen molar-refractivity contribution in [3.05, 3.63) is 41.7 Å². The summed E-state index contributed by atoms with van der Waals surface area (Å²) in [6.45, 7) is 2.46. The fraction of sp³-hybridized carbons (Fsp3) is 0. The molecule has 16 heavy (non-hydrogen) atoms. The Bertz CT molecular complexity index is 486. The average molecular weight is 239 g/mol. The Hall–Kier alpha value is -1.92. The molecule has 0 amide bonds. The van der Waals surface area contributed by atoms with Gasteiger partial charge in [-0.2, -0.15) is 13.2 Å². The predicted molar refractivity (Wildman–Crippen MR) is 42.2 cm³/mol. The summed E-state index contributed by atoms with van der Waals surface area (Å²) in [7, 11) is 0. The molecule has 0 unspecified atom stereocenters. The number of halogens is 5. The highest BCUT2D eigenvalue weighted by Gasteiger charge is 2.23. The van der Waals surface area contributed by atoms with Crippen LogP contribution in [0.1, 0.15) is 1.37 Å². The van der Waals surface area contributed by atoms with Crippen molar-refractivity contribution >= 4 is 5.97 Å². The SMILES string of the molecule is [2H]c1c(F)c(F)c(OC(=O)C(=C)F)c(F)c1F. The van der Waals surface area contributed by atoms with E-state index in [1.54, 1.807) is 0 Å². The van der Waals surface area contributed by atoms with Gasteiger partial charge in [-0.15, -0.1) is 0 Å². The summed E-state index contributed by atoms with van der Waals surface area (Å²) in [6.07, 6.45) is 0. The second-order valence-electron chi connectivity index (χ2n) is 2.50. The second kappa shape index (κ2) is 4.30. The molecule has 0 radical (unpaired) electrons. The molecule has 0 bridgehead atoms. The van der Waals surface area contributed by atoms with Crippen LogP contribution in [0, 0.1) is 23.3 Å². The lowest BCUT2D eigenvalue weighted by Crippen LogP contribution is -2.11. The van der Waals surface area contributed by atoms with E-state index >= 15 is 0 Å². The minimum absolute atomic E-state index is 1.67. The summed E-state index contributed by atoms with van der Waals surface area (Å²) in [5.74, 6) is -13.7. The Morgan fingerprint density at radius 2 is 1.69 bits per heavy atom. The predicted octanol–water partition coefficient (Wildman–Crippen LogP) is 2.63. The van der Waals surface area contributed by atoms with Crippen LogP contribution in [0.15, 0.2) is 18.4 Å². The van der Waals surface area contributed by atoms with Crippen LogP contribution in [0.3, 0.4) is 0 Å². The number of ether oxygens (including phenoxy) is 1. The first kappa shape index (κ1) is 10.6. The molecule has 0 heterocycles. The number of carbonyl (C=O) groups excluding carboxylic acids is 1. The van der Waals surface area contributed by atoms with E-state index in [1.807, 2.05) is 0 Å². The summed E-state index contributed by atoms with van der Waals surface area (Å²) in [5, 5.41) is 0. The maximum Gasteiger partial charge on any atom is 0.372 e. The number of esters is 1. The Kier molecular flexibility index (Phi) is 2.84. The van der Waals surface area contributed by atoms with Gasteiger partial charge in [-0.3, -0.25) is 0 Å². The van der Waals surface area contributed by atoms with Gasteiger partial charge in [0, 0.05) is 6.04 Å². The van der Waals surface area contributed by atoms with Crippen LogP contribution >= 0.6 is 0 Å². The number of benzene rings is 1. The molecule has 7 heteroatoms. The van der Waals surface area contributed by atoms with Gasteiger partial charge in [-0.1, -0.05) is 6.58 Å². The third kappa shape index (κ3) is 2.18. The maximum atomic E-state index is 13.0. The first-order valence-electron chi connectivity index (χ1n) is 4.16. The molecule has 0 N–H and O–H groups in total. The van der Waals surface area contributed by atoms with Crippen LogP contribution in [-0.2, 0) is 4.79 Å². The van der Waals surface area contributed by atoms with Crippen LogP contribution in [0.2, 0.25) is 0 Å². The van der Waals surface area contributed by atoms with Gasteiger partial charge in [-0.05, 0) is 0 Å². The Labute approximate surface area is 87.3 Å². The van der Waals surface area contributed by atoms with Crippen molar-refractivity contribution in [3.8, 4) is 5.75 Å². The van der Waals surface area contributed by atoms with Crippen molar-refractivity contribution in [2.24, 2.45) is 0 Å². The van der Waals surface area contributed by atoms with Gasteiger partial charge in [-0.25, -0.2) is 13.6 Å². The topological polar surface area (TPSA) is 26.3 Å². The van der Waals surface area contributed by atoms with E-state index in [0.29, 0.717) is 0 Å². The summed E-state index contributed by atoms with van der Waals surface area (Å²) in [5.41, 5.74) is 0. The quantitative estimate of drug-likeness (QED) is 0.261. The molecule has 0 aliphatic heterocycles. The zero-order valence-electron chi connectivity index (χ0n) is 8.41. The van der Waals surface area contributed by atoms with E-state index in [9.17, 15) is 26.7 Å². The van der Waals surface area contributed by atoms with E-state index < -0.39 is 46.9 Å². The molecule has 0 aromatic heterocycles. The van der Waals surface area contributed by atoms with Gasteiger partial charge < -0.3 is 4.74 Å². The molecule has 2 nitrogen and oxygen atoms in total. The summed E-state index contributed by atoms with van der Waals surface area (Å²) >= 11 is 0. The molecular weight excluding hydrogens is 235 g/mol. The van der Waals surface area contributed by atoms with E-state index in [2.05, 4.69) is 11.3 Å². The first-order chi connectivity index (χ1) is 7.77. The van der Waals surface area contributed by atoms with Crippen LogP contribution in [0.5, 0.6) is 5.75 Å². The summed E-state index contributed by atoms with van der Waals surface area (Å²) in [4.78, 5) is 10.6. The van der Waals surface area contributed by atoms with Crippen molar-refractivity contribution in [3.63, 3.8) is 0 Å². The lowest BCUT2D eigenvalue weighted by Gasteiger charge is -2.06. The zero-order chi connectivity index (χ0) is 13.3. The molecule has 0 aliphatic carbocycles. The average Bonchev–Trinajstić information content (AvgIpc) is 2.29. The lowest BCUT2D eigenvalue weighted by molar-refractivity contribution is -0.132. The van der Waals surface area contributed by atoms with Crippen LogP contribution in [0.25, 0.3) is 0 Å². The third-order valence-electron chi connectivity index (χ3n) is 1.42. The first-order valence-corrected chi connectivity index (χ1v) is 3.66. The third-order valence-corrected chi connectivity index (χ3v) is 1.42. The highest BCUT2D eigenvalue weighted by Crippen LogP contribution is 2.26. The van der Waals surface area contributed by atoms with Crippen LogP contribution in [0.4, 0.5) is 22.0 Å². The molecule has 1 aromatic carbocycles. The number of carbonyl (C=O) groups is 1. The molecule has 0 fully saturated rings. The summed E-state index contributed by atoms with van der Waals surface area (Å²) < 4.78 is 74.1. The zero-order valence-corrected chi connectivity index (χ0v) is 7.41. The van der Waals surface area contributed by atoms with E-state index in [0.717, 1.165) is 0 Å². The summed E-state index contributed by atoms with van der Waals surface area (Å²) in [6, 6.07) is -1.67. The molecular formula is C9H3F5O2. The van der Waals surface area contributed by atoms with E-state index in [1.165, 1.54) is 0 Å². The minimum Gasteiger partial charge on any atom is -0.415 e. The molecule has 0 spiro atoms. The van der Waals surface area contributed by atoms with Gasteiger partial charge in [0.1, 0.15) is 0 Å². The van der Waals surface area contributed by atoms with E-state index in [-0.39, 0.29) is 0 Å². The van der Waals surface area contributed by atoms with Gasteiger partial charge in [0.15, 0.2) is 11.6 Å². The van der Waals surface area contributed by atoms with Crippen molar-refractivity contribution in [2.75, 3.05) is 0 Å². The maximum absolute atomic E-state index is 13.0. The molecule has 1 aromatic rings. The smallest absolute Gasteiger partial charge is 0.372 e. The van der Waals surface area contributed by atoms with Crippen LogP contribution in [-0.4, -0.2) is 5.97 Å². The van der Waals surface area contributed by atoms with Gasteiger partial charge in [0.05, 0.1) is 1.37 Å². The fourth-order valence-electron chi connectivity index (χ4n) is 0.739. The molecule has 0 saturated heterocycles. The second-order valence-corrected chi connectivity index (χ2v) is 2.50. The Balaban J connectivity index is 3.35. The molecule has 0 saturated carbocycles. The highest BCUT2D eigenvalue weighted by atomic mass is 19.2. The van der Waals surface area contributed by atoms with Gasteiger partial charge >= 0.3 is 5.97 Å².